The fourth-order valence-corrected chi connectivity index (χ4v) is 14.6. The minimum atomic E-state index is -0.925. The van der Waals surface area contributed by atoms with E-state index in [4.69, 9.17) is 28.2 Å². The first-order valence-corrected chi connectivity index (χ1v) is 34.2. The summed E-state index contributed by atoms with van der Waals surface area (Å²) < 4.78 is 29.2. The number of aliphatic hydroxyl groups is 2. The standard InChI is InChI=1S/C67H90N12O12S2/c1-41(2)58(53-34-55(73-90-53)87-30-10-22-76-25-27-77(28-26-76)66(86)89-67(6,7)8)64(84)78-38-49(80)32-51(78)62(82)69-37-46-13-17-48(18-14-46)61-44(5)72-57(93-61)31-42(3)59(54-35-56(74-91-54)88-29-9-21-75-23-19-68-20-24-75)65(85)79-39-50(81)33-52(79)63(83)70-36-45-11-15-47(16-12-45)60-43(4)71-40-92-60/h11-18,34-35,40-42,49-52,58-59,68,80-81H,9-10,19-33,36-39H2,1-8H3,(H,69,82)(H,70,83)/t42?,49-,50-,51+,52+,58?,59?/m1/s1. The van der Waals surface area contributed by atoms with Crippen molar-refractivity contribution < 1.29 is 57.4 Å². The van der Waals surface area contributed by atoms with E-state index in [9.17, 15) is 29.4 Å². The molecule has 26 heteroatoms. The number of likely N-dealkylation sites (tertiary alicyclic amines) is 2. The zero-order chi connectivity index (χ0) is 65.9. The van der Waals surface area contributed by atoms with Crippen LogP contribution in [0.15, 0.2) is 75.2 Å². The number of rotatable bonds is 26. The minimum Gasteiger partial charge on any atom is -0.475 e. The summed E-state index contributed by atoms with van der Waals surface area (Å²) in [6.07, 6.45) is -0.0689. The molecule has 2 aromatic carbocycles. The van der Waals surface area contributed by atoms with Crippen LogP contribution < -0.4 is 25.4 Å². The average Bonchev–Trinajstić information content (AvgIpc) is 1.70. The van der Waals surface area contributed by atoms with Gasteiger partial charge in [-0.25, -0.2) is 14.8 Å². The molecular formula is C67H90N12O12S2. The van der Waals surface area contributed by atoms with E-state index in [0.717, 1.165) is 107 Å². The zero-order valence-electron chi connectivity index (χ0n) is 54.6. The number of thiazole rings is 2. The summed E-state index contributed by atoms with van der Waals surface area (Å²) in [7, 11) is 0. The van der Waals surface area contributed by atoms with Crippen LogP contribution in [0.25, 0.3) is 20.9 Å². The van der Waals surface area contributed by atoms with Crippen LogP contribution in [-0.2, 0) is 43.4 Å². The third-order valence-corrected chi connectivity index (χ3v) is 19.7. The van der Waals surface area contributed by atoms with Crippen molar-refractivity contribution in [1.29, 1.82) is 0 Å². The molecule has 93 heavy (non-hydrogen) atoms. The van der Waals surface area contributed by atoms with Gasteiger partial charge < -0.3 is 69.0 Å². The van der Waals surface area contributed by atoms with Crippen LogP contribution in [0.2, 0.25) is 0 Å². The third kappa shape index (κ3) is 17.9. The van der Waals surface area contributed by atoms with Gasteiger partial charge in [0.1, 0.15) is 29.5 Å². The SMILES string of the molecule is Cc1ncsc1-c1ccc(CNC(=O)[C@@H]2C[C@@H](O)CN2C(=O)C(c2cc(OCCCN3CCNCC3)no2)C(C)Cc2nc(C)c(-c3ccc(CNC(=O)[C@@H]4C[C@@H](O)CN4C(=O)C(c4cc(OCCCN5CCN(C(=O)OC(C)(C)C)CC5)no4)C(C)C)cc3)s2)cc1. The number of aryl methyl sites for hydroxylation is 2. The molecule has 4 aliphatic rings. The number of hydrogen-bond acceptors (Lipinski definition) is 21. The van der Waals surface area contributed by atoms with Gasteiger partial charge in [-0.15, -0.1) is 22.7 Å². The molecule has 0 saturated carbocycles. The van der Waals surface area contributed by atoms with E-state index in [0.29, 0.717) is 50.7 Å². The Kier molecular flexibility index (Phi) is 23.0. The lowest BCUT2D eigenvalue weighted by atomic mass is 9.87. The maximum absolute atomic E-state index is 15.1. The summed E-state index contributed by atoms with van der Waals surface area (Å²) in [4.78, 5) is 90.6. The number of carbonyl (C=O) groups excluding carboxylic acids is 5. The van der Waals surface area contributed by atoms with E-state index in [1.54, 1.807) is 28.4 Å². The quantitative estimate of drug-likeness (QED) is 0.0350. The molecule has 3 unspecified atom stereocenters. The van der Waals surface area contributed by atoms with Crippen LogP contribution >= 0.6 is 22.7 Å². The number of benzene rings is 2. The fraction of sp³-hybridized carbons (Fsp3) is 0.567. The lowest BCUT2D eigenvalue weighted by Gasteiger charge is -2.35. The van der Waals surface area contributed by atoms with Crippen LogP contribution in [0, 0.1) is 25.7 Å². The van der Waals surface area contributed by atoms with Gasteiger partial charge in [0.25, 0.3) is 11.8 Å². The highest BCUT2D eigenvalue weighted by Crippen LogP contribution is 2.38. The number of aromatic nitrogens is 4. The Morgan fingerprint density at radius 2 is 1.19 bits per heavy atom. The Morgan fingerprint density at radius 1 is 0.688 bits per heavy atom. The number of aliphatic hydroxyl groups excluding tert-OH is 2. The van der Waals surface area contributed by atoms with Crippen LogP contribution in [0.4, 0.5) is 4.79 Å². The van der Waals surface area contributed by atoms with Gasteiger partial charge in [0.2, 0.25) is 23.6 Å². The van der Waals surface area contributed by atoms with Gasteiger partial charge in [-0.1, -0.05) is 69.3 Å². The number of amides is 5. The summed E-state index contributed by atoms with van der Waals surface area (Å²) in [5, 5.41) is 40.5. The van der Waals surface area contributed by atoms with Gasteiger partial charge in [-0.05, 0) is 91.9 Å². The van der Waals surface area contributed by atoms with Gasteiger partial charge in [-0.3, -0.25) is 24.1 Å². The molecule has 24 nitrogen and oxygen atoms in total. The van der Waals surface area contributed by atoms with Crippen LogP contribution in [-0.4, -0.2) is 206 Å². The van der Waals surface area contributed by atoms with Crippen molar-refractivity contribution in [3.05, 3.63) is 105 Å². The molecule has 502 valence electrons. The first-order chi connectivity index (χ1) is 44.6. The number of ether oxygens (including phenoxy) is 3. The minimum absolute atomic E-state index is 0.00798. The van der Waals surface area contributed by atoms with Crippen molar-refractivity contribution in [3.63, 3.8) is 0 Å². The van der Waals surface area contributed by atoms with Gasteiger partial charge in [0.05, 0.1) is 57.1 Å². The van der Waals surface area contributed by atoms with Crippen molar-refractivity contribution in [3.8, 4) is 32.6 Å². The molecule has 8 heterocycles. The Bertz CT molecular complexity index is 3460. The van der Waals surface area contributed by atoms with Crippen LogP contribution in [0.5, 0.6) is 11.8 Å². The van der Waals surface area contributed by atoms with E-state index in [1.807, 2.05) is 109 Å². The zero-order valence-corrected chi connectivity index (χ0v) is 56.3. The fourth-order valence-electron chi connectivity index (χ4n) is 12.6. The molecule has 7 atom stereocenters. The van der Waals surface area contributed by atoms with E-state index >= 15 is 4.79 Å². The summed E-state index contributed by atoms with van der Waals surface area (Å²) >= 11 is 3.09. The lowest BCUT2D eigenvalue weighted by molar-refractivity contribution is -0.141. The normalized spacial score (nSPS) is 20.0. The Hall–Kier alpha value is -7.33. The Labute approximate surface area is 551 Å². The van der Waals surface area contributed by atoms with E-state index < -0.39 is 47.6 Å². The smallest absolute Gasteiger partial charge is 0.410 e. The second-order valence-electron chi connectivity index (χ2n) is 26.2. The lowest BCUT2D eigenvalue weighted by Crippen LogP contribution is -2.50. The van der Waals surface area contributed by atoms with Gasteiger partial charge in [-0.2, -0.15) is 0 Å². The number of nitrogens with one attached hydrogen (secondary N) is 3. The molecule has 4 aromatic heterocycles. The second kappa shape index (κ2) is 31.3. The second-order valence-corrected chi connectivity index (χ2v) is 28.2. The number of hydrogen-bond donors (Lipinski definition) is 5. The summed E-state index contributed by atoms with van der Waals surface area (Å²) in [6.45, 7) is 24.5. The molecule has 0 radical (unpaired) electrons. The number of piperazine rings is 2. The Morgan fingerprint density at radius 3 is 1.70 bits per heavy atom. The molecule has 0 spiro atoms. The molecule has 5 N–H and O–H groups in total. The van der Waals surface area contributed by atoms with E-state index in [1.165, 1.54) is 21.1 Å². The predicted octanol–water partition coefficient (Wildman–Crippen LogP) is 6.78. The van der Waals surface area contributed by atoms with Crippen molar-refractivity contribution in [1.82, 2.24) is 60.7 Å². The highest BCUT2D eigenvalue weighted by atomic mass is 32.1. The molecule has 4 aliphatic heterocycles. The molecule has 4 fully saturated rings. The first-order valence-electron chi connectivity index (χ1n) is 32.5. The maximum Gasteiger partial charge on any atom is 0.410 e. The van der Waals surface area contributed by atoms with Gasteiger partial charge >= 0.3 is 6.09 Å². The van der Waals surface area contributed by atoms with E-state index in [-0.39, 0.29) is 86.4 Å². The summed E-state index contributed by atoms with van der Waals surface area (Å²) in [5.41, 5.74) is 6.69. The van der Waals surface area contributed by atoms with Crippen molar-refractivity contribution in [2.75, 3.05) is 91.8 Å². The van der Waals surface area contributed by atoms with Gasteiger partial charge in [0.15, 0.2) is 11.5 Å². The highest BCUT2D eigenvalue weighted by molar-refractivity contribution is 7.15. The maximum atomic E-state index is 15.1. The molecule has 4 saturated heterocycles. The molecule has 0 aliphatic carbocycles. The number of nitrogens with zero attached hydrogens (tertiary/aromatic N) is 9. The van der Waals surface area contributed by atoms with Gasteiger partial charge in [0, 0.05) is 123 Å². The molecule has 10 rings (SSSR count). The molecule has 5 amide bonds. The molecule has 0 bridgehead atoms. The third-order valence-electron chi connectivity index (χ3n) is 17.5. The predicted molar refractivity (Wildman–Crippen MR) is 350 cm³/mol. The Balaban J connectivity index is 0.741. The number of carbonyl (C=O) groups is 5. The largest absolute Gasteiger partial charge is 0.475 e. The van der Waals surface area contributed by atoms with Crippen molar-refractivity contribution >= 4 is 52.4 Å². The topological polar surface area (TPSA) is 284 Å². The molecule has 6 aromatic rings. The first kappa shape index (κ1) is 68.5. The highest BCUT2D eigenvalue weighted by Gasteiger charge is 2.46. The molecular weight excluding hydrogens is 1230 g/mol. The van der Waals surface area contributed by atoms with Crippen LogP contribution in [0.1, 0.15) is 118 Å². The summed E-state index contributed by atoms with van der Waals surface area (Å²) in [6, 6.07) is 17.2. The van der Waals surface area contributed by atoms with Crippen molar-refractivity contribution in [2.45, 2.75) is 142 Å². The average molecular weight is 1320 g/mol. The monoisotopic (exact) mass is 1320 g/mol. The summed E-state index contributed by atoms with van der Waals surface area (Å²) in [5.74, 6) is -2.68. The number of β-amino-alcohol motifs (C(OH)–C–C–N with tert-alkyl or cyclic N) is 2. The van der Waals surface area contributed by atoms with Crippen LogP contribution in [0.3, 0.4) is 0 Å². The van der Waals surface area contributed by atoms with E-state index in [2.05, 4.69) is 41.0 Å². The van der Waals surface area contributed by atoms with Crippen molar-refractivity contribution in [2.24, 2.45) is 11.8 Å².